The van der Waals surface area contributed by atoms with Crippen molar-refractivity contribution < 1.29 is 23.4 Å². The lowest BCUT2D eigenvalue weighted by Crippen LogP contribution is -2.35. The fraction of sp³-hybridized carbons (Fsp3) is 0.261. The van der Waals surface area contributed by atoms with Crippen molar-refractivity contribution in [1.29, 1.82) is 0 Å². The highest BCUT2D eigenvalue weighted by molar-refractivity contribution is 6.37. The second-order valence-corrected chi connectivity index (χ2v) is 8.76. The molecule has 1 aliphatic heterocycles. The third kappa shape index (κ3) is 3.68. The first-order valence-electron chi connectivity index (χ1n) is 10.5. The number of carbonyl (C=O) groups is 1. The maximum atomic E-state index is 14.8. The predicted molar refractivity (Wildman–Crippen MR) is 122 cm³/mol. The molecule has 1 aliphatic carbocycles. The Kier molecular flexibility index (Phi) is 5.49. The number of rotatable bonds is 3. The molecule has 0 amide bonds. The highest BCUT2D eigenvalue weighted by Gasteiger charge is 2.38. The maximum absolute atomic E-state index is 14.8. The number of benzene rings is 1. The number of hydrogen-bond acceptors (Lipinski definition) is 6. The van der Waals surface area contributed by atoms with Gasteiger partial charge in [-0.25, -0.2) is 18.6 Å². The molecule has 0 radical (unpaired) electrons. The van der Waals surface area contributed by atoms with Crippen LogP contribution in [0.1, 0.15) is 6.42 Å². The van der Waals surface area contributed by atoms with E-state index in [0.29, 0.717) is 30.9 Å². The maximum Gasteiger partial charge on any atom is 0.511 e. The number of anilines is 1. The quantitative estimate of drug-likeness (QED) is 0.427. The van der Waals surface area contributed by atoms with E-state index < -0.39 is 29.0 Å². The molecule has 5 rings (SSSR count). The Hall–Kier alpha value is -3.50. The zero-order valence-corrected chi connectivity index (χ0v) is 18.4. The molecule has 3 N–H and O–H groups in total. The highest BCUT2D eigenvalue weighted by atomic mass is 35.5. The van der Waals surface area contributed by atoms with Crippen LogP contribution in [0.15, 0.2) is 47.5 Å². The van der Waals surface area contributed by atoms with Crippen LogP contribution in [0.3, 0.4) is 0 Å². The van der Waals surface area contributed by atoms with E-state index in [0.717, 1.165) is 24.8 Å². The second-order valence-electron chi connectivity index (χ2n) is 8.38. The van der Waals surface area contributed by atoms with Crippen molar-refractivity contribution in [2.24, 2.45) is 17.6 Å². The number of hydrogen-bond donors (Lipinski definition) is 2. The van der Waals surface area contributed by atoms with E-state index in [4.69, 9.17) is 22.4 Å². The Morgan fingerprint density at radius 1 is 1.29 bits per heavy atom. The summed E-state index contributed by atoms with van der Waals surface area (Å²) in [6.45, 7) is 1.25. The first-order chi connectivity index (χ1) is 16.2. The number of carboxylic acid groups (broad SMARTS) is 1. The SMILES string of the molecule is N[C@@H]1C=CC[C@@H]2CN(c3ncc4c(=O)c(OC(=O)O)cn(-c5ccc(F)cc5F)c4c3Cl)C[C@@H]21. The number of halogens is 3. The Morgan fingerprint density at radius 3 is 2.79 bits per heavy atom. The zero-order valence-electron chi connectivity index (χ0n) is 17.6. The van der Waals surface area contributed by atoms with E-state index in [2.05, 4.69) is 15.8 Å². The number of nitrogens with two attached hydrogens (primary N) is 1. The average Bonchev–Trinajstić information content (AvgIpc) is 3.21. The summed E-state index contributed by atoms with van der Waals surface area (Å²) in [6.07, 6.45) is 5.48. The number of ether oxygens (including phenoxy) is 1. The lowest BCUT2D eigenvalue weighted by Gasteiger charge is -2.25. The van der Waals surface area contributed by atoms with Crippen molar-refractivity contribution >= 4 is 34.5 Å². The van der Waals surface area contributed by atoms with Gasteiger partial charge in [0.15, 0.2) is 5.75 Å². The van der Waals surface area contributed by atoms with Gasteiger partial charge in [0, 0.05) is 31.4 Å². The van der Waals surface area contributed by atoms with Crippen LogP contribution in [-0.2, 0) is 0 Å². The summed E-state index contributed by atoms with van der Waals surface area (Å²) in [5.41, 5.74) is 5.41. The van der Waals surface area contributed by atoms with Crippen LogP contribution in [-0.4, -0.2) is 39.9 Å². The summed E-state index contributed by atoms with van der Waals surface area (Å²) in [6, 6.07) is 2.78. The van der Waals surface area contributed by atoms with Crippen LogP contribution < -0.4 is 20.8 Å². The van der Waals surface area contributed by atoms with Gasteiger partial charge >= 0.3 is 6.16 Å². The molecule has 0 saturated carbocycles. The van der Waals surface area contributed by atoms with E-state index in [9.17, 15) is 18.4 Å². The van der Waals surface area contributed by atoms with Gasteiger partial charge in [-0.1, -0.05) is 23.8 Å². The van der Waals surface area contributed by atoms with E-state index in [1.165, 1.54) is 10.8 Å². The van der Waals surface area contributed by atoms with Crippen LogP contribution in [0.25, 0.3) is 16.6 Å². The summed E-state index contributed by atoms with van der Waals surface area (Å²) in [5, 5.41) is 9.02. The fourth-order valence-electron chi connectivity index (χ4n) is 4.80. The smallest absolute Gasteiger partial charge is 0.449 e. The Balaban J connectivity index is 1.71. The van der Waals surface area contributed by atoms with Crippen LogP contribution in [0.4, 0.5) is 19.4 Å². The number of pyridine rings is 2. The molecule has 0 unspecified atom stereocenters. The Morgan fingerprint density at radius 2 is 2.09 bits per heavy atom. The highest BCUT2D eigenvalue weighted by Crippen LogP contribution is 2.39. The minimum absolute atomic E-state index is 0.0698. The summed E-state index contributed by atoms with van der Waals surface area (Å²) >= 11 is 6.76. The fourth-order valence-corrected chi connectivity index (χ4v) is 5.17. The van der Waals surface area contributed by atoms with Crippen LogP contribution in [0.5, 0.6) is 5.75 Å². The summed E-state index contributed by atoms with van der Waals surface area (Å²) in [7, 11) is 0. The van der Waals surface area contributed by atoms with Crippen molar-refractivity contribution in [2.45, 2.75) is 12.5 Å². The van der Waals surface area contributed by atoms with Gasteiger partial charge in [-0.2, -0.15) is 0 Å². The topological polar surface area (TPSA) is 111 Å². The first kappa shape index (κ1) is 22.3. The van der Waals surface area contributed by atoms with E-state index in [1.54, 1.807) is 0 Å². The van der Waals surface area contributed by atoms with Gasteiger partial charge in [-0.3, -0.25) is 4.79 Å². The largest absolute Gasteiger partial charge is 0.511 e. The Labute approximate surface area is 196 Å². The lowest BCUT2D eigenvalue weighted by molar-refractivity contribution is 0.144. The van der Waals surface area contributed by atoms with Crippen molar-refractivity contribution in [1.82, 2.24) is 9.55 Å². The predicted octanol–water partition coefficient (Wildman–Crippen LogP) is 3.71. The third-order valence-electron chi connectivity index (χ3n) is 6.38. The Bertz CT molecular complexity index is 1410. The van der Waals surface area contributed by atoms with Gasteiger partial charge in [-0.05, 0) is 30.4 Å². The van der Waals surface area contributed by atoms with Gasteiger partial charge in [-0.15, -0.1) is 0 Å². The van der Waals surface area contributed by atoms with Crippen LogP contribution >= 0.6 is 11.6 Å². The molecule has 2 aromatic heterocycles. The zero-order chi connectivity index (χ0) is 24.1. The van der Waals surface area contributed by atoms with Crippen molar-refractivity contribution in [3.63, 3.8) is 0 Å². The van der Waals surface area contributed by atoms with Gasteiger partial charge in [0.2, 0.25) is 5.43 Å². The molecule has 3 aromatic rings. The first-order valence-corrected chi connectivity index (χ1v) is 10.9. The average molecular weight is 489 g/mol. The van der Waals surface area contributed by atoms with Crippen LogP contribution in [0, 0.1) is 23.5 Å². The number of allylic oxidation sites excluding steroid dienone is 1. The lowest BCUT2D eigenvalue weighted by atomic mass is 9.83. The normalized spacial score (nSPS) is 21.6. The van der Waals surface area contributed by atoms with Crippen molar-refractivity contribution in [2.75, 3.05) is 18.0 Å². The number of fused-ring (bicyclic) bond motifs is 2. The molecule has 176 valence electrons. The van der Waals surface area contributed by atoms with Gasteiger partial charge in [0.25, 0.3) is 0 Å². The molecule has 11 heteroatoms. The molecule has 1 aromatic carbocycles. The molecule has 3 heterocycles. The minimum atomic E-state index is -1.72. The van der Waals surface area contributed by atoms with Gasteiger partial charge in [0.1, 0.15) is 22.5 Å². The summed E-state index contributed by atoms with van der Waals surface area (Å²) in [4.78, 5) is 30.4. The molecule has 34 heavy (non-hydrogen) atoms. The van der Waals surface area contributed by atoms with E-state index >= 15 is 0 Å². The molecule has 2 aliphatic rings. The number of nitrogens with zero attached hydrogens (tertiary/aromatic N) is 3. The molecular weight excluding hydrogens is 470 g/mol. The molecule has 8 nitrogen and oxygen atoms in total. The molecule has 3 atom stereocenters. The molecule has 0 spiro atoms. The second kappa shape index (κ2) is 8.37. The standard InChI is InChI=1S/C23H19ClF2N4O4/c24-19-20-13(7-28-22(19)29-8-11-2-1-3-16(27)14(11)9-29)21(31)18(34-23(32)33)10-30(20)17-5-4-12(25)6-15(17)26/h1,3-7,10-11,14,16H,2,8-9,27H2,(H,32,33)/t11-,14+,16-/m1/s1. The number of aromatic nitrogens is 2. The minimum Gasteiger partial charge on any atom is -0.449 e. The molecule has 1 saturated heterocycles. The molecular formula is C23H19ClF2N4O4. The third-order valence-corrected chi connectivity index (χ3v) is 6.73. The monoisotopic (exact) mass is 488 g/mol. The summed E-state index contributed by atoms with van der Waals surface area (Å²) < 4.78 is 34.1. The van der Waals surface area contributed by atoms with E-state index in [-0.39, 0.29) is 33.6 Å². The summed E-state index contributed by atoms with van der Waals surface area (Å²) in [5.74, 6) is -1.40. The molecule has 0 bridgehead atoms. The van der Waals surface area contributed by atoms with Gasteiger partial charge < -0.3 is 25.0 Å². The van der Waals surface area contributed by atoms with Crippen LogP contribution in [0.2, 0.25) is 5.02 Å². The van der Waals surface area contributed by atoms with Gasteiger partial charge in [0.05, 0.1) is 22.8 Å². The van der Waals surface area contributed by atoms with Crippen molar-refractivity contribution in [3.05, 3.63) is 69.6 Å². The van der Waals surface area contributed by atoms with Crippen molar-refractivity contribution in [3.8, 4) is 11.4 Å². The van der Waals surface area contributed by atoms with E-state index in [1.807, 2.05) is 11.0 Å². The molecule has 1 fully saturated rings.